The average molecular weight is 307 g/mol. The van der Waals surface area contributed by atoms with E-state index in [9.17, 15) is 9.90 Å². The van der Waals surface area contributed by atoms with Gasteiger partial charge in [-0.3, -0.25) is 14.3 Å². The molecule has 1 fully saturated rings. The smallest absolute Gasteiger partial charge is 0.280 e. The Morgan fingerprint density at radius 1 is 1.68 bits per heavy atom. The van der Waals surface area contributed by atoms with Crippen molar-refractivity contribution in [3.05, 3.63) is 29.3 Å². The highest BCUT2D eigenvalue weighted by atomic mass is 16.6. The molecule has 3 rings (SSSR count). The van der Waals surface area contributed by atoms with E-state index < -0.39 is 17.9 Å². The number of anilines is 1. The van der Waals surface area contributed by atoms with Gasteiger partial charge in [-0.1, -0.05) is 6.08 Å². The van der Waals surface area contributed by atoms with Crippen LogP contribution < -0.4 is 11.3 Å². The standard InChI is InChI=1S/C13H17N5O4/c1-2-3-21-7-4-9(22-8(7)5-19)18-6-15-10-11(18)16-13(14)17-12(10)20/h2,6-9,19H,1,3-5H2,(H3,14,16,17,20)/t7?,8?,9-/m1/s1. The van der Waals surface area contributed by atoms with Gasteiger partial charge in [0.05, 0.1) is 25.6 Å². The fraction of sp³-hybridized carbons (Fsp3) is 0.462. The van der Waals surface area contributed by atoms with Crippen LogP contribution in [0.15, 0.2) is 23.8 Å². The lowest BCUT2D eigenvalue weighted by Crippen LogP contribution is -2.27. The molecule has 2 aromatic rings. The zero-order valence-corrected chi connectivity index (χ0v) is 11.8. The minimum Gasteiger partial charge on any atom is -0.394 e. The van der Waals surface area contributed by atoms with Crippen molar-refractivity contribution in [1.82, 2.24) is 19.5 Å². The summed E-state index contributed by atoms with van der Waals surface area (Å²) in [4.78, 5) is 22.3. The molecule has 0 aromatic carbocycles. The largest absolute Gasteiger partial charge is 0.394 e. The summed E-state index contributed by atoms with van der Waals surface area (Å²) in [6, 6.07) is 0. The average Bonchev–Trinajstić information content (AvgIpc) is 3.08. The zero-order valence-electron chi connectivity index (χ0n) is 11.8. The van der Waals surface area contributed by atoms with Crippen LogP contribution in [-0.4, -0.2) is 50.0 Å². The molecule has 2 aromatic heterocycles. The lowest BCUT2D eigenvalue weighted by molar-refractivity contribution is -0.0561. The van der Waals surface area contributed by atoms with Gasteiger partial charge in [0, 0.05) is 6.42 Å². The van der Waals surface area contributed by atoms with Gasteiger partial charge < -0.3 is 20.3 Å². The molecule has 3 atom stereocenters. The number of nitrogens with two attached hydrogens (primary N) is 1. The molecule has 2 unspecified atom stereocenters. The fourth-order valence-electron chi connectivity index (χ4n) is 2.56. The van der Waals surface area contributed by atoms with Crippen molar-refractivity contribution in [2.24, 2.45) is 0 Å². The summed E-state index contributed by atoms with van der Waals surface area (Å²) in [5.74, 6) is 0.00964. The summed E-state index contributed by atoms with van der Waals surface area (Å²) in [6.45, 7) is 3.80. The van der Waals surface area contributed by atoms with Crippen LogP contribution in [0.5, 0.6) is 0 Å². The Labute approximate surface area is 125 Å². The van der Waals surface area contributed by atoms with Crippen molar-refractivity contribution in [2.45, 2.75) is 24.9 Å². The maximum Gasteiger partial charge on any atom is 0.280 e. The number of nitrogen functional groups attached to an aromatic ring is 1. The highest BCUT2D eigenvalue weighted by Crippen LogP contribution is 2.32. The molecule has 22 heavy (non-hydrogen) atoms. The molecule has 118 valence electrons. The molecule has 0 spiro atoms. The van der Waals surface area contributed by atoms with Crippen LogP contribution in [0.1, 0.15) is 12.6 Å². The van der Waals surface area contributed by atoms with E-state index in [1.165, 1.54) is 6.33 Å². The van der Waals surface area contributed by atoms with Crippen molar-refractivity contribution in [3.8, 4) is 0 Å². The van der Waals surface area contributed by atoms with Gasteiger partial charge in [0.25, 0.3) is 5.56 Å². The minimum atomic E-state index is -0.457. The van der Waals surface area contributed by atoms with Crippen LogP contribution in [-0.2, 0) is 9.47 Å². The van der Waals surface area contributed by atoms with E-state index in [1.54, 1.807) is 10.6 Å². The molecular formula is C13H17N5O4. The van der Waals surface area contributed by atoms with Crippen LogP contribution in [0, 0.1) is 0 Å². The number of H-pyrrole nitrogens is 1. The van der Waals surface area contributed by atoms with Gasteiger partial charge in [-0.05, 0) is 0 Å². The van der Waals surface area contributed by atoms with E-state index in [2.05, 4.69) is 21.5 Å². The van der Waals surface area contributed by atoms with Gasteiger partial charge in [0.15, 0.2) is 11.2 Å². The first kappa shape index (κ1) is 14.7. The topological polar surface area (TPSA) is 128 Å². The molecule has 0 saturated carbocycles. The Morgan fingerprint density at radius 2 is 2.50 bits per heavy atom. The first-order valence-corrected chi connectivity index (χ1v) is 6.85. The lowest BCUT2D eigenvalue weighted by atomic mass is 10.2. The summed E-state index contributed by atoms with van der Waals surface area (Å²) >= 11 is 0. The Morgan fingerprint density at radius 3 is 3.23 bits per heavy atom. The second-order valence-corrected chi connectivity index (χ2v) is 4.98. The maximum atomic E-state index is 11.8. The number of fused-ring (bicyclic) bond motifs is 1. The normalized spacial score (nSPS) is 24.9. The van der Waals surface area contributed by atoms with Crippen LogP contribution >= 0.6 is 0 Å². The van der Waals surface area contributed by atoms with Gasteiger partial charge in [0.2, 0.25) is 5.95 Å². The number of aliphatic hydroxyl groups excluding tert-OH is 1. The van der Waals surface area contributed by atoms with Crippen LogP contribution in [0.2, 0.25) is 0 Å². The van der Waals surface area contributed by atoms with E-state index in [1.807, 2.05) is 0 Å². The van der Waals surface area contributed by atoms with Crippen LogP contribution in [0.3, 0.4) is 0 Å². The number of nitrogens with zero attached hydrogens (tertiary/aromatic N) is 3. The maximum absolute atomic E-state index is 11.8. The summed E-state index contributed by atoms with van der Waals surface area (Å²) in [6.07, 6.45) is 2.44. The highest BCUT2D eigenvalue weighted by molar-refractivity contribution is 5.70. The lowest BCUT2D eigenvalue weighted by Gasteiger charge is -2.15. The van der Waals surface area contributed by atoms with E-state index in [-0.39, 0.29) is 24.2 Å². The molecule has 3 heterocycles. The van der Waals surface area contributed by atoms with Crippen molar-refractivity contribution >= 4 is 17.1 Å². The van der Waals surface area contributed by atoms with Crippen LogP contribution in [0.25, 0.3) is 11.2 Å². The molecule has 0 bridgehead atoms. The number of aromatic nitrogens is 4. The van der Waals surface area contributed by atoms with Crippen molar-refractivity contribution < 1.29 is 14.6 Å². The SMILES string of the molecule is C=CCOC1C[C@H](n2cnc3c(=O)[nH]c(N)nc32)OC1CO. The Hall–Kier alpha value is -2.23. The third-order valence-corrected chi connectivity index (χ3v) is 3.55. The summed E-state index contributed by atoms with van der Waals surface area (Å²) < 4.78 is 13.0. The predicted molar refractivity (Wildman–Crippen MR) is 78.1 cm³/mol. The molecular weight excluding hydrogens is 290 g/mol. The zero-order chi connectivity index (χ0) is 15.7. The number of rotatable bonds is 5. The molecule has 9 nitrogen and oxygen atoms in total. The first-order chi connectivity index (χ1) is 10.6. The van der Waals surface area contributed by atoms with Crippen molar-refractivity contribution in [2.75, 3.05) is 18.9 Å². The number of hydrogen-bond donors (Lipinski definition) is 3. The van der Waals surface area contributed by atoms with E-state index in [4.69, 9.17) is 15.2 Å². The molecule has 0 aliphatic carbocycles. The Balaban J connectivity index is 1.92. The van der Waals surface area contributed by atoms with E-state index in [0.717, 1.165) is 0 Å². The number of nitrogens with one attached hydrogen (secondary N) is 1. The number of ether oxygens (including phenoxy) is 2. The molecule has 1 aliphatic rings. The second kappa shape index (κ2) is 5.87. The molecule has 4 N–H and O–H groups in total. The third-order valence-electron chi connectivity index (χ3n) is 3.55. The third kappa shape index (κ3) is 2.49. The number of aliphatic hydroxyl groups is 1. The molecule has 1 aliphatic heterocycles. The first-order valence-electron chi connectivity index (χ1n) is 6.85. The van der Waals surface area contributed by atoms with E-state index in [0.29, 0.717) is 18.7 Å². The quantitative estimate of drug-likeness (QED) is 0.638. The molecule has 1 saturated heterocycles. The van der Waals surface area contributed by atoms with Gasteiger partial charge >= 0.3 is 0 Å². The van der Waals surface area contributed by atoms with Crippen molar-refractivity contribution in [3.63, 3.8) is 0 Å². The molecule has 0 radical (unpaired) electrons. The minimum absolute atomic E-state index is 0.00964. The van der Waals surface area contributed by atoms with Gasteiger partial charge in [-0.25, -0.2) is 4.98 Å². The summed E-state index contributed by atoms with van der Waals surface area (Å²) in [5, 5.41) is 9.41. The summed E-state index contributed by atoms with van der Waals surface area (Å²) in [5.41, 5.74) is 5.70. The summed E-state index contributed by atoms with van der Waals surface area (Å²) in [7, 11) is 0. The molecule has 0 amide bonds. The number of aromatic amines is 1. The van der Waals surface area contributed by atoms with Gasteiger partial charge in [-0.2, -0.15) is 4.98 Å². The van der Waals surface area contributed by atoms with Crippen molar-refractivity contribution in [1.29, 1.82) is 0 Å². The van der Waals surface area contributed by atoms with Crippen LogP contribution in [0.4, 0.5) is 5.95 Å². The van der Waals surface area contributed by atoms with Gasteiger partial charge in [0.1, 0.15) is 12.3 Å². The highest BCUT2D eigenvalue weighted by Gasteiger charge is 2.37. The molecule has 9 heteroatoms. The second-order valence-electron chi connectivity index (χ2n) is 4.98. The monoisotopic (exact) mass is 307 g/mol. The Kier molecular flexibility index (Phi) is 3.92. The number of imidazole rings is 1. The fourth-order valence-corrected chi connectivity index (χ4v) is 2.56. The predicted octanol–water partition coefficient (Wildman–Crippen LogP) is -0.447. The van der Waals surface area contributed by atoms with E-state index >= 15 is 0 Å². The Bertz CT molecular complexity index is 740. The van der Waals surface area contributed by atoms with Gasteiger partial charge in [-0.15, -0.1) is 6.58 Å². The number of hydrogen-bond acceptors (Lipinski definition) is 7.